The van der Waals surface area contributed by atoms with Gasteiger partial charge in [0.2, 0.25) is 0 Å². The molecule has 90 heavy (non-hydrogen) atoms. The van der Waals surface area contributed by atoms with Gasteiger partial charge < -0.3 is 41.2 Å². The summed E-state index contributed by atoms with van der Waals surface area (Å²) >= 11 is 0. The Morgan fingerprint density at radius 3 is 1.24 bits per heavy atom. The van der Waals surface area contributed by atoms with E-state index in [-0.39, 0.29) is 29.2 Å². The van der Waals surface area contributed by atoms with Crippen LogP contribution in [0.1, 0.15) is 215 Å². The van der Waals surface area contributed by atoms with Gasteiger partial charge in [0.1, 0.15) is 22.8 Å². The Balaban J connectivity index is 0.000000110. The minimum absolute atomic E-state index is 0.0344. The van der Waals surface area contributed by atoms with Gasteiger partial charge in [-0.15, -0.1) is 0 Å². The normalized spacial score (nSPS) is 29.2. The molecule has 4 aromatic heterocycles. The highest BCUT2D eigenvalue weighted by atomic mass is 16.2. The van der Waals surface area contributed by atoms with E-state index in [1.165, 1.54) is 106 Å². The smallest absolute Gasteiger partial charge is 0.268 e. The molecule has 8 atom stereocenters. The highest BCUT2D eigenvalue weighted by molar-refractivity contribution is 6.01. The number of para-hydroxylation sites is 2. The molecule has 19 rings (SSSR count). The predicted octanol–water partition coefficient (Wildman–Crippen LogP) is 17.0. The lowest BCUT2D eigenvalue weighted by molar-refractivity contribution is -0.113. The van der Waals surface area contributed by atoms with Crippen molar-refractivity contribution in [3.63, 3.8) is 0 Å². The van der Waals surface area contributed by atoms with Crippen LogP contribution in [0.4, 0.5) is 0 Å². The zero-order valence-corrected chi connectivity index (χ0v) is 55.3. The van der Waals surface area contributed by atoms with Crippen LogP contribution in [-0.2, 0) is 0 Å². The van der Waals surface area contributed by atoms with Gasteiger partial charge in [0.25, 0.3) is 23.6 Å². The lowest BCUT2D eigenvalue weighted by atomic mass is 9.45. The third kappa shape index (κ3) is 12.3. The standard InChI is InChI=1S/C21H28N2O.C19H22N2O.C19H24N2O.C19H26N2O/c1-11-6-12(2)15-10-19(22-18(15)7-11)20(24)23-17-9-14-8-16(13(17)3)21(14,4)5;22-18(17-8-15-3-1-2-4-16(15)20-17)21-19-9-12-5-13(10-19)7-14(6-12)11-19;1-11-14-9-13(19(14,2)3)10-16(11)21-18(22)17-8-12-6-4-5-7-15(12)20-17;1-13-10-14(2)16-12-18(21-17(16)11-13)19(22)20-15-8-6-4-3-5-7-9-15/h6-7,10,13-14,16-17,22H,8-9H2,1-5H3,(H,23,24);1-4,8,12-14,20H,5-7,9-11H2,(H,21,22);4-8,11,13-14,16,20H,9-10H2,1-3H3,(H,21,22);10-12,15,21H,3-9H2,1-2H3,(H,20,22)/t13-,14+,16-,17-;;11-,13+,14-,16-;/m1.1./s1. The summed E-state index contributed by atoms with van der Waals surface area (Å²) in [5.74, 6) is 6.91. The third-order valence-electron chi connectivity index (χ3n) is 24.4. The Labute approximate surface area is 533 Å². The van der Waals surface area contributed by atoms with E-state index in [4.69, 9.17) is 0 Å². The van der Waals surface area contributed by atoms with E-state index in [0.29, 0.717) is 63.6 Å². The fraction of sp³-hybridized carbons (Fsp3) is 0.538. The molecule has 11 fully saturated rings. The average Bonchev–Trinajstić information content (AvgIpc) is 1.16. The average molecular weight is 1210 g/mol. The number of amides is 4. The zero-order chi connectivity index (χ0) is 63.0. The Bertz CT molecular complexity index is 3870. The zero-order valence-electron chi connectivity index (χ0n) is 55.3. The van der Waals surface area contributed by atoms with Crippen molar-refractivity contribution in [2.24, 2.45) is 64.1 Å². The van der Waals surface area contributed by atoms with Crippen molar-refractivity contribution in [2.45, 2.75) is 202 Å². The monoisotopic (exact) mass is 1210 g/mol. The van der Waals surface area contributed by atoms with E-state index in [9.17, 15) is 19.2 Å². The number of benzene rings is 4. The Kier molecular flexibility index (Phi) is 16.8. The maximum atomic E-state index is 12.8. The predicted molar refractivity (Wildman–Crippen MR) is 365 cm³/mol. The first kappa shape index (κ1) is 61.8. The lowest BCUT2D eigenvalue weighted by Crippen LogP contribution is -2.60. The fourth-order valence-corrected chi connectivity index (χ4v) is 19.4. The van der Waals surface area contributed by atoms with Crippen LogP contribution in [0, 0.1) is 91.8 Å². The molecule has 11 saturated carbocycles. The molecule has 8 bridgehead atoms. The summed E-state index contributed by atoms with van der Waals surface area (Å²) in [6.45, 7) is 22.5. The lowest BCUT2D eigenvalue weighted by Gasteiger charge is -2.62. The van der Waals surface area contributed by atoms with Crippen molar-refractivity contribution in [1.82, 2.24) is 41.2 Å². The van der Waals surface area contributed by atoms with Gasteiger partial charge in [-0.3, -0.25) is 19.2 Å². The van der Waals surface area contributed by atoms with Crippen molar-refractivity contribution >= 4 is 67.2 Å². The minimum Gasteiger partial charge on any atom is -0.351 e. The number of aryl methyl sites for hydroxylation is 4. The van der Waals surface area contributed by atoms with Crippen LogP contribution < -0.4 is 21.3 Å². The van der Waals surface area contributed by atoms with Crippen LogP contribution in [-0.4, -0.2) is 67.2 Å². The maximum absolute atomic E-state index is 12.8. The number of aromatic amines is 4. The number of rotatable bonds is 8. The molecule has 11 aliphatic rings. The van der Waals surface area contributed by atoms with Crippen LogP contribution >= 0.6 is 0 Å². The second-order valence-electron chi connectivity index (χ2n) is 31.2. The third-order valence-corrected chi connectivity index (χ3v) is 24.4. The van der Waals surface area contributed by atoms with Gasteiger partial charge in [-0.05, 0) is 240 Å². The maximum Gasteiger partial charge on any atom is 0.268 e. The summed E-state index contributed by atoms with van der Waals surface area (Å²) in [4.78, 5) is 63.7. The first-order chi connectivity index (χ1) is 43.1. The largest absolute Gasteiger partial charge is 0.351 e. The van der Waals surface area contributed by atoms with Crippen molar-refractivity contribution in [2.75, 3.05) is 0 Å². The highest BCUT2D eigenvalue weighted by Gasteiger charge is 2.58. The summed E-state index contributed by atoms with van der Waals surface area (Å²) in [6.07, 6.45) is 21.4. The van der Waals surface area contributed by atoms with Gasteiger partial charge in [0, 0.05) is 67.3 Å². The molecule has 0 radical (unpaired) electrons. The van der Waals surface area contributed by atoms with Crippen LogP contribution in [0.2, 0.25) is 0 Å². The second-order valence-corrected chi connectivity index (χ2v) is 31.2. The number of hydrogen-bond donors (Lipinski definition) is 8. The number of fused-ring (bicyclic) bond motifs is 8. The van der Waals surface area contributed by atoms with Gasteiger partial charge in [0.15, 0.2) is 0 Å². The summed E-state index contributed by atoms with van der Waals surface area (Å²) < 4.78 is 0. The van der Waals surface area contributed by atoms with E-state index >= 15 is 0 Å². The molecular formula is C78H100N8O4. The molecule has 11 aliphatic carbocycles. The number of carbonyl (C=O) groups is 4. The molecule has 4 amide bonds. The number of hydrogen-bond acceptors (Lipinski definition) is 4. The Morgan fingerprint density at radius 1 is 0.433 bits per heavy atom. The molecule has 0 aliphatic heterocycles. The molecule has 4 aromatic carbocycles. The van der Waals surface area contributed by atoms with E-state index in [1.54, 1.807) is 0 Å². The quantitative estimate of drug-likeness (QED) is 0.0755. The molecule has 4 heterocycles. The molecule has 0 unspecified atom stereocenters. The Morgan fingerprint density at radius 2 is 0.822 bits per heavy atom. The number of carbonyl (C=O) groups excluding carboxylic acids is 4. The fourth-order valence-electron chi connectivity index (χ4n) is 19.4. The van der Waals surface area contributed by atoms with Crippen LogP contribution in [0.15, 0.2) is 97.1 Å². The number of aromatic nitrogens is 4. The van der Waals surface area contributed by atoms with Crippen molar-refractivity contribution in [3.05, 3.63) is 142 Å². The topological polar surface area (TPSA) is 180 Å². The van der Waals surface area contributed by atoms with Gasteiger partial charge in [0.05, 0.1) is 0 Å². The highest BCUT2D eigenvalue weighted by Crippen LogP contribution is 2.62. The molecule has 476 valence electrons. The molecule has 12 nitrogen and oxygen atoms in total. The van der Waals surface area contributed by atoms with Gasteiger partial charge in [-0.1, -0.05) is 122 Å². The van der Waals surface area contributed by atoms with E-state index in [1.807, 2.05) is 72.8 Å². The van der Waals surface area contributed by atoms with E-state index in [2.05, 4.69) is 135 Å². The van der Waals surface area contributed by atoms with E-state index in [0.717, 1.165) is 111 Å². The summed E-state index contributed by atoms with van der Waals surface area (Å²) in [5.41, 5.74) is 12.8. The summed E-state index contributed by atoms with van der Waals surface area (Å²) in [5, 5.41) is 17.7. The molecular weight excluding hydrogens is 1110 g/mol. The molecule has 8 N–H and O–H groups in total. The molecule has 12 heteroatoms. The minimum atomic E-state index is 0.0344. The van der Waals surface area contributed by atoms with Gasteiger partial charge in [-0.2, -0.15) is 0 Å². The Hall–Kier alpha value is -7.08. The van der Waals surface area contributed by atoms with Gasteiger partial charge >= 0.3 is 0 Å². The first-order valence-corrected chi connectivity index (χ1v) is 34.7. The van der Waals surface area contributed by atoms with Crippen molar-refractivity contribution in [1.29, 1.82) is 0 Å². The number of H-pyrrole nitrogens is 4. The summed E-state index contributed by atoms with van der Waals surface area (Å²) in [6, 6.07) is 33.5. The van der Waals surface area contributed by atoms with Crippen molar-refractivity contribution in [3.8, 4) is 0 Å². The van der Waals surface area contributed by atoms with Crippen molar-refractivity contribution < 1.29 is 19.2 Å². The number of nitrogens with one attached hydrogen (secondary N) is 8. The molecule has 8 aromatic rings. The van der Waals surface area contributed by atoms with Gasteiger partial charge in [-0.25, -0.2) is 0 Å². The second kappa shape index (κ2) is 24.5. The van der Waals surface area contributed by atoms with Crippen LogP contribution in [0.25, 0.3) is 43.6 Å². The molecule has 0 spiro atoms. The summed E-state index contributed by atoms with van der Waals surface area (Å²) in [7, 11) is 0. The molecule has 0 saturated heterocycles. The van der Waals surface area contributed by atoms with E-state index < -0.39 is 0 Å². The first-order valence-electron chi connectivity index (χ1n) is 34.7. The van der Waals surface area contributed by atoms with Crippen LogP contribution in [0.3, 0.4) is 0 Å². The SMILES string of the molecule is C[C@@H]1[C@H]2C[C@@H](C[C@H]1NC(=O)c1cc3ccccc3[nH]1)C2(C)C.Cc1cc(C)c2cc(C(=O)NC3CCCCCCC3)[nH]c2c1.Cc1cc(C)c2cc(C(=O)N[C@@H]3C[C@@H]4C[C@H]([C@H]3C)C4(C)C)[nH]c2c1.O=C(NC12CC3CC(CC(C3)C1)C2)c1cc2ccccc2[nH]1. The van der Waals surface area contributed by atoms with Crippen LogP contribution in [0.5, 0.6) is 0 Å².